The van der Waals surface area contributed by atoms with Crippen LogP contribution in [0.3, 0.4) is 0 Å². The highest BCUT2D eigenvalue weighted by molar-refractivity contribution is 5.35. The van der Waals surface area contributed by atoms with E-state index in [1.165, 1.54) is 17.5 Å². The zero-order chi connectivity index (χ0) is 21.5. The molecule has 1 N–H and O–H groups in total. The minimum atomic E-state index is 0.432. The SMILES string of the molecule is CCC.Cc1ccc(O)c(CCCN(C(C)C)C(C)C)c1.Cc1ccccc1. The summed E-state index contributed by atoms with van der Waals surface area (Å²) in [7, 11) is 0. The highest BCUT2D eigenvalue weighted by atomic mass is 16.3. The predicted molar refractivity (Wildman–Crippen MR) is 125 cm³/mol. The normalized spacial score (nSPS) is 10.4. The molecule has 0 fully saturated rings. The van der Waals surface area contributed by atoms with Crippen molar-refractivity contribution in [3.05, 3.63) is 65.2 Å². The standard InChI is InChI=1S/C16H27NO.C7H8.C3H8/c1-12(2)17(13(3)4)10-6-7-15-11-14(5)8-9-16(15)18;1-7-5-3-2-4-6-7;1-3-2/h8-9,11-13,18H,6-7,10H2,1-5H3;2-6H,1H3;3H2,1-2H3. The Kier molecular flexibility index (Phi) is 14.2. The van der Waals surface area contributed by atoms with E-state index in [-0.39, 0.29) is 0 Å². The van der Waals surface area contributed by atoms with E-state index in [0.29, 0.717) is 17.8 Å². The third-order valence-corrected chi connectivity index (χ3v) is 4.36. The van der Waals surface area contributed by atoms with Crippen molar-refractivity contribution in [1.82, 2.24) is 4.90 Å². The molecule has 0 aromatic heterocycles. The van der Waals surface area contributed by atoms with Gasteiger partial charge in [-0.05, 0) is 72.6 Å². The van der Waals surface area contributed by atoms with Crippen molar-refractivity contribution in [3.63, 3.8) is 0 Å². The number of rotatable bonds is 6. The lowest BCUT2D eigenvalue weighted by atomic mass is 10.0. The molecule has 2 heteroatoms. The summed E-state index contributed by atoms with van der Waals surface area (Å²) in [6.07, 6.45) is 3.29. The Labute approximate surface area is 174 Å². The molecule has 0 aliphatic heterocycles. The van der Waals surface area contributed by atoms with Gasteiger partial charge >= 0.3 is 0 Å². The number of benzene rings is 2. The topological polar surface area (TPSA) is 23.5 Å². The summed E-state index contributed by atoms with van der Waals surface area (Å²) < 4.78 is 0. The Morgan fingerprint density at radius 3 is 1.79 bits per heavy atom. The molecule has 0 unspecified atom stereocenters. The largest absolute Gasteiger partial charge is 0.508 e. The zero-order valence-electron chi connectivity index (χ0n) is 19.5. The summed E-state index contributed by atoms with van der Waals surface area (Å²) in [4.78, 5) is 2.49. The molecule has 0 heterocycles. The van der Waals surface area contributed by atoms with E-state index in [0.717, 1.165) is 24.9 Å². The van der Waals surface area contributed by atoms with E-state index in [1.54, 1.807) is 6.07 Å². The predicted octanol–water partition coefficient (Wildman–Crippen LogP) is 7.16. The van der Waals surface area contributed by atoms with Crippen LogP contribution in [-0.4, -0.2) is 28.6 Å². The molecule has 2 aromatic carbocycles. The van der Waals surface area contributed by atoms with Crippen molar-refractivity contribution in [2.45, 2.75) is 86.7 Å². The Morgan fingerprint density at radius 2 is 1.36 bits per heavy atom. The lowest BCUT2D eigenvalue weighted by Gasteiger charge is -2.30. The second-order valence-electron chi connectivity index (χ2n) is 8.02. The van der Waals surface area contributed by atoms with Crippen molar-refractivity contribution in [1.29, 1.82) is 0 Å². The molecule has 28 heavy (non-hydrogen) atoms. The lowest BCUT2D eigenvalue weighted by molar-refractivity contribution is 0.173. The van der Waals surface area contributed by atoms with Crippen LogP contribution in [0, 0.1) is 13.8 Å². The smallest absolute Gasteiger partial charge is 0.118 e. The Bertz CT molecular complexity index is 612. The van der Waals surface area contributed by atoms with Gasteiger partial charge in [-0.15, -0.1) is 0 Å². The van der Waals surface area contributed by atoms with Gasteiger partial charge in [0.2, 0.25) is 0 Å². The maximum Gasteiger partial charge on any atom is 0.118 e. The van der Waals surface area contributed by atoms with E-state index >= 15 is 0 Å². The molecular weight excluding hydrogens is 342 g/mol. The van der Waals surface area contributed by atoms with Crippen molar-refractivity contribution < 1.29 is 5.11 Å². The summed E-state index contributed by atoms with van der Waals surface area (Å²) in [5, 5.41) is 9.80. The van der Waals surface area contributed by atoms with Crippen LogP contribution in [0.15, 0.2) is 48.5 Å². The van der Waals surface area contributed by atoms with Crippen LogP contribution < -0.4 is 0 Å². The fourth-order valence-electron chi connectivity index (χ4n) is 3.01. The average Bonchev–Trinajstić information content (AvgIpc) is 2.62. The van der Waals surface area contributed by atoms with Gasteiger partial charge in [0.25, 0.3) is 0 Å². The number of hydrogen-bond acceptors (Lipinski definition) is 2. The molecule has 2 nitrogen and oxygen atoms in total. The first-order chi connectivity index (χ1) is 13.2. The van der Waals surface area contributed by atoms with Crippen LogP contribution in [0.1, 0.15) is 71.1 Å². The van der Waals surface area contributed by atoms with Gasteiger partial charge in [0.1, 0.15) is 5.75 Å². The van der Waals surface area contributed by atoms with Gasteiger partial charge in [-0.25, -0.2) is 0 Å². The van der Waals surface area contributed by atoms with Crippen molar-refractivity contribution in [3.8, 4) is 5.75 Å². The molecule has 0 aliphatic rings. The molecule has 0 aliphatic carbocycles. The number of aryl methyl sites for hydroxylation is 3. The number of aromatic hydroxyl groups is 1. The molecule has 2 aromatic rings. The van der Waals surface area contributed by atoms with Gasteiger partial charge in [0.15, 0.2) is 0 Å². The molecule has 2 rings (SSSR count). The highest BCUT2D eigenvalue weighted by Crippen LogP contribution is 2.20. The van der Waals surface area contributed by atoms with Crippen LogP contribution in [0.5, 0.6) is 5.75 Å². The maximum atomic E-state index is 9.80. The first kappa shape index (κ1) is 26.2. The van der Waals surface area contributed by atoms with E-state index in [1.807, 2.05) is 24.3 Å². The van der Waals surface area contributed by atoms with Crippen molar-refractivity contribution in [2.24, 2.45) is 0 Å². The fourth-order valence-corrected chi connectivity index (χ4v) is 3.01. The maximum absolute atomic E-state index is 9.80. The third-order valence-electron chi connectivity index (χ3n) is 4.36. The van der Waals surface area contributed by atoms with Crippen LogP contribution in [0.25, 0.3) is 0 Å². The van der Waals surface area contributed by atoms with Crippen LogP contribution in [0.4, 0.5) is 0 Å². The number of nitrogens with zero attached hydrogens (tertiary/aromatic N) is 1. The van der Waals surface area contributed by atoms with E-state index in [9.17, 15) is 5.11 Å². The van der Waals surface area contributed by atoms with Gasteiger partial charge in [-0.3, -0.25) is 4.90 Å². The molecular formula is C26H43NO. The summed E-state index contributed by atoms with van der Waals surface area (Å²) in [6.45, 7) is 18.4. The summed E-state index contributed by atoms with van der Waals surface area (Å²) in [6, 6.07) is 17.3. The van der Waals surface area contributed by atoms with Crippen molar-refractivity contribution in [2.75, 3.05) is 6.54 Å². The van der Waals surface area contributed by atoms with Gasteiger partial charge in [-0.1, -0.05) is 73.9 Å². The third kappa shape index (κ3) is 11.8. The molecule has 0 radical (unpaired) electrons. The molecule has 0 amide bonds. The lowest BCUT2D eigenvalue weighted by Crippen LogP contribution is -2.37. The van der Waals surface area contributed by atoms with Gasteiger partial charge in [0.05, 0.1) is 0 Å². The van der Waals surface area contributed by atoms with Gasteiger partial charge in [0, 0.05) is 12.1 Å². The molecule has 158 valence electrons. The number of phenols is 1. The van der Waals surface area contributed by atoms with E-state index < -0.39 is 0 Å². The quantitative estimate of drug-likeness (QED) is 0.570. The molecule has 0 spiro atoms. The fraction of sp³-hybridized carbons (Fsp3) is 0.538. The summed E-state index contributed by atoms with van der Waals surface area (Å²) in [5.74, 6) is 0.432. The van der Waals surface area contributed by atoms with Crippen LogP contribution in [0.2, 0.25) is 0 Å². The van der Waals surface area contributed by atoms with Crippen LogP contribution >= 0.6 is 0 Å². The monoisotopic (exact) mass is 385 g/mol. The Hall–Kier alpha value is -1.80. The molecule has 0 atom stereocenters. The Balaban J connectivity index is 0.000000598. The van der Waals surface area contributed by atoms with E-state index in [4.69, 9.17) is 0 Å². The summed E-state index contributed by atoms with van der Waals surface area (Å²) >= 11 is 0. The van der Waals surface area contributed by atoms with Gasteiger partial charge in [-0.2, -0.15) is 0 Å². The van der Waals surface area contributed by atoms with Gasteiger partial charge < -0.3 is 5.11 Å². The van der Waals surface area contributed by atoms with Crippen molar-refractivity contribution >= 4 is 0 Å². The Morgan fingerprint density at radius 1 is 0.821 bits per heavy atom. The zero-order valence-corrected chi connectivity index (χ0v) is 19.5. The second kappa shape index (κ2) is 15.2. The molecule has 0 saturated heterocycles. The first-order valence-corrected chi connectivity index (χ1v) is 10.8. The van der Waals surface area contributed by atoms with E-state index in [2.05, 4.69) is 78.5 Å². The average molecular weight is 386 g/mol. The minimum Gasteiger partial charge on any atom is -0.508 e. The number of hydrogen-bond donors (Lipinski definition) is 1. The highest BCUT2D eigenvalue weighted by Gasteiger charge is 2.12. The summed E-state index contributed by atoms with van der Waals surface area (Å²) in [5.41, 5.74) is 3.61. The minimum absolute atomic E-state index is 0.432. The number of phenolic OH excluding ortho intramolecular Hbond substituents is 1. The molecule has 0 bridgehead atoms. The first-order valence-electron chi connectivity index (χ1n) is 10.8. The second-order valence-corrected chi connectivity index (χ2v) is 8.02. The molecule has 0 saturated carbocycles. The van der Waals surface area contributed by atoms with Crippen LogP contribution in [-0.2, 0) is 6.42 Å².